The van der Waals surface area contributed by atoms with Crippen LogP contribution >= 0.6 is 15.9 Å². The van der Waals surface area contributed by atoms with Crippen LogP contribution in [0.4, 0.5) is 10.1 Å². The topological polar surface area (TPSA) is 72.6 Å². The van der Waals surface area contributed by atoms with Crippen LogP contribution in [0.25, 0.3) is 0 Å². The molecule has 0 saturated carbocycles. The van der Waals surface area contributed by atoms with E-state index in [9.17, 15) is 19.6 Å². The highest BCUT2D eigenvalue weighted by molar-refractivity contribution is 9.10. The van der Waals surface area contributed by atoms with Gasteiger partial charge in [-0.15, -0.1) is 0 Å². The van der Waals surface area contributed by atoms with E-state index < -0.39 is 22.5 Å². The fraction of sp³-hybridized carbons (Fsp3) is 0.143. The average Bonchev–Trinajstić information content (AvgIpc) is 2.37. The van der Waals surface area contributed by atoms with Crippen molar-refractivity contribution < 1.29 is 19.2 Å². The first-order valence-corrected chi connectivity index (χ1v) is 6.77. The lowest BCUT2D eigenvalue weighted by molar-refractivity contribution is -0.387. The molecule has 1 atom stereocenters. The van der Waals surface area contributed by atoms with E-state index in [4.69, 9.17) is 4.74 Å². The Labute approximate surface area is 128 Å². The lowest BCUT2D eigenvalue weighted by Gasteiger charge is -2.10. The molecule has 0 spiro atoms. The molecular weight excluding hydrogens is 345 g/mol. The molecule has 2 rings (SSSR count). The van der Waals surface area contributed by atoms with Crippen LogP contribution < -0.4 is 4.74 Å². The van der Waals surface area contributed by atoms with Gasteiger partial charge in [-0.1, -0.05) is 22.0 Å². The van der Waals surface area contributed by atoms with Gasteiger partial charge in [0, 0.05) is 16.6 Å². The number of aliphatic hydroxyl groups excluding tert-OH is 1. The number of rotatable bonds is 4. The van der Waals surface area contributed by atoms with Crippen LogP contribution in [-0.4, -0.2) is 10.0 Å². The fourth-order valence-electron chi connectivity index (χ4n) is 1.75. The number of halogens is 2. The minimum absolute atomic E-state index is 0.148. The molecule has 0 heterocycles. The summed E-state index contributed by atoms with van der Waals surface area (Å²) in [6.45, 7) is 1.63. The molecule has 0 aliphatic carbocycles. The van der Waals surface area contributed by atoms with E-state index in [2.05, 4.69) is 15.9 Å². The molecule has 0 amide bonds. The minimum atomic E-state index is -0.961. The molecule has 0 bridgehead atoms. The number of hydrogen-bond donors (Lipinski definition) is 1. The smallest absolute Gasteiger partial charge is 0.305 e. The summed E-state index contributed by atoms with van der Waals surface area (Å²) in [5, 5.41) is 20.1. The second-order valence-corrected chi connectivity index (χ2v) is 5.19. The van der Waals surface area contributed by atoms with Gasteiger partial charge in [-0.2, -0.15) is 4.39 Å². The van der Waals surface area contributed by atoms with E-state index in [1.54, 1.807) is 25.1 Å². The Morgan fingerprint density at radius 3 is 2.43 bits per heavy atom. The molecule has 5 nitrogen and oxygen atoms in total. The molecule has 110 valence electrons. The van der Waals surface area contributed by atoms with Crippen molar-refractivity contribution in [1.82, 2.24) is 0 Å². The van der Waals surface area contributed by atoms with Gasteiger partial charge in [-0.05, 0) is 30.7 Å². The van der Waals surface area contributed by atoms with Crippen molar-refractivity contribution >= 4 is 21.6 Å². The van der Waals surface area contributed by atoms with Gasteiger partial charge in [0.25, 0.3) is 0 Å². The Bertz CT molecular complexity index is 691. The molecule has 2 aromatic carbocycles. The van der Waals surface area contributed by atoms with Gasteiger partial charge in [-0.3, -0.25) is 10.1 Å². The third-order valence-corrected chi connectivity index (χ3v) is 3.46. The lowest BCUT2D eigenvalue weighted by Crippen LogP contribution is -1.95. The Kier molecular flexibility index (Phi) is 4.54. The molecule has 0 fully saturated rings. The SMILES string of the molecule is C[C@@H](O)c1ccc(Oc2ccc([N+](=O)[O-])c(F)c2)cc1Br. The standard InChI is InChI=1S/C14H11BrFNO4/c1-8(18)11-4-2-9(6-12(11)15)21-10-3-5-14(17(19)20)13(16)7-10/h2-8,18H,1H3/t8-/m1/s1. The van der Waals surface area contributed by atoms with Gasteiger partial charge in [0.2, 0.25) is 5.82 Å². The Morgan fingerprint density at radius 1 is 1.29 bits per heavy atom. The van der Waals surface area contributed by atoms with E-state index in [1.165, 1.54) is 6.07 Å². The predicted octanol–water partition coefficient (Wildman–Crippen LogP) is 4.34. The first-order valence-electron chi connectivity index (χ1n) is 5.98. The number of aliphatic hydroxyl groups is 1. The van der Waals surface area contributed by atoms with E-state index in [-0.39, 0.29) is 5.75 Å². The Hall–Kier alpha value is -1.99. The summed E-state index contributed by atoms with van der Waals surface area (Å²) in [5.74, 6) is -0.397. The van der Waals surface area contributed by atoms with E-state index in [0.29, 0.717) is 15.8 Å². The summed E-state index contributed by atoms with van der Waals surface area (Å²) in [7, 11) is 0. The molecule has 7 heteroatoms. The lowest BCUT2D eigenvalue weighted by atomic mass is 10.1. The van der Waals surface area contributed by atoms with Gasteiger partial charge < -0.3 is 9.84 Å². The van der Waals surface area contributed by atoms with E-state index in [0.717, 1.165) is 12.1 Å². The van der Waals surface area contributed by atoms with Crippen molar-refractivity contribution in [1.29, 1.82) is 0 Å². The minimum Gasteiger partial charge on any atom is -0.457 e. The molecule has 1 N–H and O–H groups in total. The first-order chi connectivity index (χ1) is 9.88. The Morgan fingerprint density at radius 2 is 1.90 bits per heavy atom. The fourth-order valence-corrected chi connectivity index (χ4v) is 2.43. The first kappa shape index (κ1) is 15.4. The third-order valence-electron chi connectivity index (χ3n) is 2.77. The monoisotopic (exact) mass is 355 g/mol. The van der Waals surface area contributed by atoms with Gasteiger partial charge in [0.1, 0.15) is 11.5 Å². The van der Waals surface area contributed by atoms with Gasteiger partial charge >= 0.3 is 5.69 Å². The normalized spacial score (nSPS) is 12.0. The molecular formula is C14H11BrFNO4. The highest BCUT2D eigenvalue weighted by Crippen LogP contribution is 2.31. The van der Waals surface area contributed by atoms with E-state index >= 15 is 0 Å². The van der Waals surface area contributed by atoms with Crippen LogP contribution in [0, 0.1) is 15.9 Å². The van der Waals surface area contributed by atoms with Crippen molar-refractivity contribution in [2.45, 2.75) is 13.0 Å². The zero-order valence-electron chi connectivity index (χ0n) is 10.9. The third kappa shape index (κ3) is 3.56. The zero-order valence-corrected chi connectivity index (χ0v) is 12.5. The zero-order chi connectivity index (χ0) is 15.6. The number of nitrogens with zero attached hydrogens (tertiary/aromatic N) is 1. The number of hydrogen-bond acceptors (Lipinski definition) is 4. The van der Waals surface area contributed by atoms with Crippen molar-refractivity contribution in [3.63, 3.8) is 0 Å². The average molecular weight is 356 g/mol. The van der Waals surface area contributed by atoms with Crippen LogP contribution in [0.5, 0.6) is 11.5 Å². The van der Waals surface area contributed by atoms with E-state index in [1.807, 2.05) is 0 Å². The summed E-state index contributed by atoms with van der Waals surface area (Å²) in [5.41, 5.74) is 0.0882. The molecule has 0 aliphatic rings. The van der Waals surface area contributed by atoms with Crippen molar-refractivity contribution in [3.8, 4) is 11.5 Å². The molecule has 2 aromatic rings. The maximum Gasteiger partial charge on any atom is 0.305 e. The quantitative estimate of drug-likeness (QED) is 0.653. The number of nitro groups is 1. The second-order valence-electron chi connectivity index (χ2n) is 4.33. The van der Waals surface area contributed by atoms with Crippen LogP contribution in [0.15, 0.2) is 40.9 Å². The maximum absolute atomic E-state index is 13.5. The van der Waals surface area contributed by atoms with Crippen molar-refractivity contribution in [3.05, 3.63) is 62.4 Å². The highest BCUT2D eigenvalue weighted by atomic mass is 79.9. The summed E-state index contributed by atoms with van der Waals surface area (Å²) >= 11 is 3.30. The molecule has 21 heavy (non-hydrogen) atoms. The molecule has 0 unspecified atom stereocenters. The molecule has 0 aliphatic heterocycles. The van der Waals surface area contributed by atoms with Crippen LogP contribution in [-0.2, 0) is 0 Å². The molecule has 0 aromatic heterocycles. The van der Waals surface area contributed by atoms with Gasteiger partial charge in [0.05, 0.1) is 11.0 Å². The number of nitro benzene ring substituents is 1. The molecule has 0 radical (unpaired) electrons. The van der Waals surface area contributed by atoms with Gasteiger partial charge in [-0.25, -0.2) is 0 Å². The molecule has 0 saturated heterocycles. The second kappa shape index (κ2) is 6.19. The number of benzene rings is 2. The van der Waals surface area contributed by atoms with Crippen molar-refractivity contribution in [2.75, 3.05) is 0 Å². The maximum atomic E-state index is 13.5. The highest BCUT2D eigenvalue weighted by Gasteiger charge is 2.15. The summed E-state index contributed by atoms with van der Waals surface area (Å²) in [6, 6.07) is 8.23. The number of ether oxygens (including phenoxy) is 1. The van der Waals surface area contributed by atoms with Crippen molar-refractivity contribution in [2.24, 2.45) is 0 Å². The largest absolute Gasteiger partial charge is 0.457 e. The summed E-state index contributed by atoms with van der Waals surface area (Å²) in [6.07, 6.45) is -0.634. The van der Waals surface area contributed by atoms with Crippen LogP contribution in [0.3, 0.4) is 0 Å². The van der Waals surface area contributed by atoms with Gasteiger partial charge in [0.15, 0.2) is 0 Å². The Balaban J connectivity index is 2.24. The summed E-state index contributed by atoms with van der Waals surface area (Å²) < 4.78 is 19.6. The summed E-state index contributed by atoms with van der Waals surface area (Å²) in [4.78, 5) is 9.73. The van der Waals surface area contributed by atoms with Crippen LogP contribution in [0.1, 0.15) is 18.6 Å². The predicted molar refractivity (Wildman–Crippen MR) is 77.9 cm³/mol. The van der Waals surface area contributed by atoms with Crippen LogP contribution in [0.2, 0.25) is 0 Å².